The van der Waals surface area contributed by atoms with Crippen molar-refractivity contribution in [3.05, 3.63) is 34.6 Å². The lowest BCUT2D eigenvalue weighted by Gasteiger charge is -2.08. The molecule has 1 aromatic carbocycles. The number of benzene rings is 1. The van der Waals surface area contributed by atoms with E-state index >= 15 is 0 Å². The van der Waals surface area contributed by atoms with Gasteiger partial charge in [-0.1, -0.05) is 17.7 Å². The van der Waals surface area contributed by atoms with E-state index in [2.05, 4.69) is 5.32 Å². The summed E-state index contributed by atoms with van der Waals surface area (Å²) in [4.78, 5) is 0. The zero-order valence-corrected chi connectivity index (χ0v) is 10.2. The summed E-state index contributed by atoms with van der Waals surface area (Å²) in [5.74, 6) is -0.580. The van der Waals surface area contributed by atoms with E-state index in [-0.39, 0.29) is 41.2 Å². The van der Waals surface area contributed by atoms with Crippen LogP contribution in [0.25, 0.3) is 0 Å². The van der Waals surface area contributed by atoms with Gasteiger partial charge in [-0.2, -0.15) is 13.2 Å². The second kappa shape index (κ2) is 6.47. The van der Waals surface area contributed by atoms with Crippen molar-refractivity contribution in [3.63, 3.8) is 0 Å². The summed E-state index contributed by atoms with van der Waals surface area (Å²) < 4.78 is 48.6. The predicted octanol–water partition coefficient (Wildman–Crippen LogP) is 3.82. The number of hydrogen-bond acceptors (Lipinski definition) is 2. The molecule has 0 amide bonds. The Labute approximate surface area is 106 Å². The third-order valence-electron chi connectivity index (χ3n) is 1.91. The van der Waals surface area contributed by atoms with Crippen molar-refractivity contribution in [1.29, 1.82) is 0 Å². The van der Waals surface area contributed by atoms with E-state index in [9.17, 15) is 17.6 Å². The minimum atomic E-state index is -4.22. The zero-order valence-electron chi connectivity index (χ0n) is 8.65. The Morgan fingerprint density at radius 1 is 1.29 bits per heavy atom. The van der Waals surface area contributed by atoms with Crippen molar-refractivity contribution in [2.45, 2.75) is 12.1 Å². The number of nitrogens with one attached hydrogen (secondary N) is 1. The number of rotatable bonds is 5. The van der Waals surface area contributed by atoms with Crippen LogP contribution in [0.5, 0.6) is 0 Å². The molecule has 0 aliphatic carbocycles. The molecule has 0 spiro atoms. The second-order valence-corrected chi connectivity index (χ2v) is 4.74. The average Bonchev–Trinajstić information content (AvgIpc) is 2.20. The SMILES string of the molecule is Fc1cccc(Cl)c1CNCCSC(F)(F)F. The first-order valence-electron chi connectivity index (χ1n) is 4.74. The molecule has 0 saturated heterocycles. The highest BCUT2D eigenvalue weighted by Crippen LogP contribution is 2.29. The monoisotopic (exact) mass is 287 g/mol. The van der Waals surface area contributed by atoms with E-state index in [1.165, 1.54) is 18.2 Å². The molecule has 17 heavy (non-hydrogen) atoms. The molecular weight excluding hydrogens is 278 g/mol. The summed E-state index contributed by atoms with van der Waals surface area (Å²) in [5, 5.41) is 2.98. The van der Waals surface area contributed by atoms with Crippen molar-refractivity contribution in [2.24, 2.45) is 0 Å². The molecule has 1 aromatic rings. The first kappa shape index (κ1) is 14.6. The number of alkyl halides is 3. The van der Waals surface area contributed by atoms with E-state index in [0.717, 1.165) is 0 Å². The lowest BCUT2D eigenvalue weighted by atomic mass is 10.2. The molecule has 0 heterocycles. The van der Waals surface area contributed by atoms with E-state index in [0.29, 0.717) is 0 Å². The van der Waals surface area contributed by atoms with E-state index in [4.69, 9.17) is 11.6 Å². The molecule has 96 valence electrons. The van der Waals surface area contributed by atoms with Gasteiger partial charge in [-0.3, -0.25) is 0 Å². The number of halogens is 5. The van der Waals surface area contributed by atoms with Gasteiger partial charge in [0.25, 0.3) is 0 Å². The summed E-state index contributed by atoms with van der Waals surface area (Å²) in [5.41, 5.74) is -3.96. The van der Waals surface area contributed by atoms with E-state index < -0.39 is 11.3 Å². The van der Waals surface area contributed by atoms with Crippen LogP contribution in [-0.4, -0.2) is 17.8 Å². The average molecular weight is 288 g/mol. The van der Waals surface area contributed by atoms with Gasteiger partial charge < -0.3 is 5.32 Å². The highest BCUT2D eigenvalue weighted by atomic mass is 35.5. The van der Waals surface area contributed by atoms with Gasteiger partial charge in [0.05, 0.1) is 0 Å². The summed E-state index contributed by atoms with van der Waals surface area (Å²) in [6, 6.07) is 4.26. The molecular formula is C10H10ClF4NS. The van der Waals surface area contributed by atoms with Crippen molar-refractivity contribution in [1.82, 2.24) is 5.32 Å². The second-order valence-electron chi connectivity index (χ2n) is 3.17. The molecule has 7 heteroatoms. The van der Waals surface area contributed by atoms with E-state index in [1.54, 1.807) is 0 Å². The third-order valence-corrected chi connectivity index (χ3v) is 3.00. The zero-order chi connectivity index (χ0) is 12.9. The van der Waals surface area contributed by atoms with Gasteiger partial charge in [0.15, 0.2) is 0 Å². The molecule has 0 aliphatic heterocycles. The summed E-state index contributed by atoms with van der Waals surface area (Å²) in [6.45, 7) is 0.249. The van der Waals surface area contributed by atoms with Gasteiger partial charge in [-0.25, -0.2) is 4.39 Å². The maximum absolute atomic E-state index is 13.2. The summed E-state index contributed by atoms with van der Waals surface area (Å²) in [6.07, 6.45) is 0. The first-order chi connectivity index (χ1) is 7.90. The minimum Gasteiger partial charge on any atom is -0.312 e. The molecule has 0 unspecified atom stereocenters. The van der Waals surface area contributed by atoms with Crippen LogP contribution >= 0.6 is 23.4 Å². The van der Waals surface area contributed by atoms with Crippen molar-refractivity contribution in [3.8, 4) is 0 Å². The Kier molecular flexibility index (Phi) is 5.55. The molecule has 0 atom stereocenters. The standard InChI is InChI=1S/C10H10ClF4NS/c11-8-2-1-3-9(12)7(8)6-16-4-5-17-10(13,14)15/h1-3,16H,4-6H2. The molecule has 1 nitrogen and oxygen atoms in total. The molecule has 0 aliphatic rings. The fraction of sp³-hybridized carbons (Fsp3) is 0.400. The van der Waals surface area contributed by atoms with Crippen molar-refractivity contribution < 1.29 is 17.6 Å². The van der Waals surface area contributed by atoms with Crippen LogP contribution in [0.15, 0.2) is 18.2 Å². The maximum Gasteiger partial charge on any atom is 0.441 e. The molecule has 1 N–H and O–H groups in total. The Morgan fingerprint density at radius 2 is 2.00 bits per heavy atom. The van der Waals surface area contributed by atoms with Crippen LogP contribution in [0, 0.1) is 5.82 Å². The van der Waals surface area contributed by atoms with Gasteiger partial charge in [0.1, 0.15) is 5.82 Å². The lowest BCUT2D eigenvalue weighted by Crippen LogP contribution is -2.19. The van der Waals surface area contributed by atoms with Crippen molar-refractivity contribution in [2.75, 3.05) is 12.3 Å². The molecule has 0 aromatic heterocycles. The first-order valence-corrected chi connectivity index (χ1v) is 6.11. The fourth-order valence-corrected chi connectivity index (χ4v) is 1.86. The smallest absolute Gasteiger partial charge is 0.312 e. The molecule has 0 fully saturated rings. The Bertz CT molecular complexity index is 350. The van der Waals surface area contributed by atoms with Crippen LogP contribution in [0.2, 0.25) is 5.02 Å². The van der Waals surface area contributed by atoms with Gasteiger partial charge in [0.2, 0.25) is 0 Å². The van der Waals surface area contributed by atoms with Crippen LogP contribution in [0.1, 0.15) is 5.56 Å². The largest absolute Gasteiger partial charge is 0.441 e. The summed E-state index contributed by atoms with van der Waals surface area (Å²) >= 11 is 5.64. The van der Waals surface area contributed by atoms with Gasteiger partial charge in [-0.05, 0) is 23.9 Å². The Hall–Kier alpha value is -0.460. The third kappa shape index (κ3) is 5.61. The quantitative estimate of drug-likeness (QED) is 0.653. The lowest BCUT2D eigenvalue weighted by molar-refractivity contribution is -0.0327. The normalized spacial score (nSPS) is 11.8. The minimum absolute atomic E-state index is 0.112. The molecule has 0 bridgehead atoms. The molecule has 1 rings (SSSR count). The van der Waals surface area contributed by atoms with Gasteiger partial charge >= 0.3 is 5.51 Å². The van der Waals surface area contributed by atoms with Crippen LogP contribution in [0.3, 0.4) is 0 Å². The number of hydrogen-bond donors (Lipinski definition) is 1. The Morgan fingerprint density at radius 3 is 2.59 bits per heavy atom. The Balaban J connectivity index is 2.32. The predicted molar refractivity (Wildman–Crippen MR) is 61.6 cm³/mol. The topological polar surface area (TPSA) is 12.0 Å². The van der Waals surface area contributed by atoms with Crippen LogP contribution in [0.4, 0.5) is 17.6 Å². The number of thioether (sulfide) groups is 1. The van der Waals surface area contributed by atoms with Crippen LogP contribution in [-0.2, 0) is 6.54 Å². The van der Waals surface area contributed by atoms with E-state index in [1.807, 2.05) is 0 Å². The fourth-order valence-electron chi connectivity index (χ4n) is 1.15. The van der Waals surface area contributed by atoms with Crippen molar-refractivity contribution >= 4 is 23.4 Å². The van der Waals surface area contributed by atoms with Crippen LogP contribution < -0.4 is 5.32 Å². The van der Waals surface area contributed by atoms with Gasteiger partial charge in [-0.15, -0.1) is 0 Å². The molecule has 0 saturated carbocycles. The highest BCUT2D eigenvalue weighted by molar-refractivity contribution is 8.00. The van der Waals surface area contributed by atoms with Gasteiger partial charge in [0, 0.05) is 29.4 Å². The molecule has 0 radical (unpaired) electrons. The summed E-state index contributed by atoms with van der Waals surface area (Å²) in [7, 11) is 0. The highest BCUT2D eigenvalue weighted by Gasteiger charge is 2.27. The maximum atomic E-state index is 13.2.